The monoisotopic (exact) mass is 330 g/mol. The van der Waals surface area contributed by atoms with Crippen molar-refractivity contribution in [2.24, 2.45) is 0 Å². The summed E-state index contributed by atoms with van der Waals surface area (Å²) in [4.78, 5) is 25.1. The highest BCUT2D eigenvalue weighted by Gasteiger charge is 2.17. The molecule has 6 heteroatoms. The number of carbonyl (C=O) groups is 1. The van der Waals surface area contributed by atoms with Crippen molar-refractivity contribution in [3.8, 4) is 0 Å². The zero-order chi connectivity index (χ0) is 17.1. The average molecular weight is 330 g/mol. The molecular formula is C18H26N4O2. The van der Waals surface area contributed by atoms with Gasteiger partial charge in [0.25, 0.3) is 5.56 Å². The maximum Gasteiger partial charge on any atom is 0.277 e. The normalized spacial score (nSPS) is 16.2. The number of aryl methyl sites for hydroxylation is 2. The topological polar surface area (TPSA) is 68.9 Å². The van der Waals surface area contributed by atoms with Crippen molar-refractivity contribution in [1.82, 2.24) is 19.7 Å². The number of nitrogens with zero attached hydrogens (tertiary/aromatic N) is 3. The van der Waals surface area contributed by atoms with Crippen LogP contribution >= 0.6 is 0 Å². The van der Waals surface area contributed by atoms with E-state index in [1.54, 1.807) is 10.9 Å². The second-order valence-corrected chi connectivity index (χ2v) is 6.67. The van der Waals surface area contributed by atoms with E-state index in [-0.39, 0.29) is 24.1 Å². The predicted molar refractivity (Wildman–Crippen MR) is 94.0 cm³/mol. The van der Waals surface area contributed by atoms with Crippen LogP contribution in [0.5, 0.6) is 0 Å². The van der Waals surface area contributed by atoms with Gasteiger partial charge in [0.2, 0.25) is 5.91 Å². The van der Waals surface area contributed by atoms with Crippen LogP contribution in [0.15, 0.2) is 17.1 Å². The Bertz CT molecular complexity index is 782. The lowest BCUT2D eigenvalue weighted by atomic mass is 10.1. The first-order valence-electron chi connectivity index (χ1n) is 8.96. The Morgan fingerprint density at radius 1 is 1.29 bits per heavy atom. The quantitative estimate of drug-likeness (QED) is 0.875. The summed E-state index contributed by atoms with van der Waals surface area (Å²) in [5, 5.41) is 8.35. The third kappa shape index (κ3) is 3.37. The van der Waals surface area contributed by atoms with Crippen molar-refractivity contribution in [3.05, 3.63) is 28.3 Å². The van der Waals surface area contributed by atoms with Crippen LogP contribution in [0.2, 0.25) is 0 Å². The summed E-state index contributed by atoms with van der Waals surface area (Å²) in [7, 11) is 0. The molecule has 130 valence electrons. The number of hydrogen-bond donors (Lipinski definition) is 1. The minimum atomic E-state index is -0.147. The highest BCUT2D eigenvalue weighted by atomic mass is 16.2. The molecule has 1 fully saturated rings. The summed E-state index contributed by atoms with van der Waals surface area (Å²) in [5.41, 5.74) is 1.28. The van der Waals surface area contributed by atoms with Crippen LogP contribution < -0.4 is 10.9 Å². The molecule has 0 atom stereocenters. The molecule has 0 aliphatic heterocycles. The average Bonchev–Trinajstić information content (AvgIpc) is 2.73. The molecule has 3 rings (SSSR count). The SMILES string of the molecule is CCn1nc(C)c2ccn(CC(=O)NC3CCCCCC3)c(=O)c21. The summed E-state index contributed by atoms with van der Waals surface area (Å²) < 4.78 is 3.20. The lowest BCUT2D eigenvalue weighted by molar-refractivity contribution is -0.122. The van der Waals surface area contributed by atoms with Crippen LogP contribution in [0.25, 0.3) is 10.9 Å². The number of rotatable bonds is 4. The molecule has 0 spiro atoms. The standard InChI is InChI=1S/C18H26N4O2/c1-3-22-17-15(13(2)20-22)10-11-21(18(17)24)12-16(23)19-14-8-6-4-5-7-9-14/h10-11,14H,3-9,12H2,1-2H3,(H,19,23). The maximum absolute atomic E-state index is 12.7. The van der Waals surface area contributed by atoms with Crippen molar-refractivity contribution >= 4 is 16.8 Å². The van der Waals surface area contributed by atoms with Crippen LogP contribution in [0.1, 0.15) is 51.1 Å². The summed E-state index contributed by atoms with van der Waals surface area (Å²) in [5.74, 6) is -0.0809. The van der Waals surface area contributed by atoms with Gasteiger partial charge >= 0.3 is 0 Å². The van der Waals surface area contributed by atoms with E-state index in [9.17, 15) is 9.59 Å². The summed E-state index contributed by atoms with van der Waals surface area (Å²) in [6.45, 7) is 4.57. The molecule has 2 heterocycles. The van der Waals surface area contributed by atoms with Gasteiger partial charge in [0.1, 0.15) is 12.1 Å². The lowest BCUT2D eigenvalue weighted by Gasteiger charge is -2.16. The van der Waals surface area contributed by atoms with Gasteiger partial charge in [0, 0.05) is 24.2 Å². The zero-order valence-corrected chi connectivity index (χ0v) is 14.5. The zero-order valence-electron chi connectivity index (χ0n) is 14.5. The van der Waals surface area contributed by atoms with E-state index >= 15 is 0 Å². The molecule has 1 saturated carbocycles. The molecule has 24 heavy (non-hydrogen) atoms. The van der Waals surface area contributed by atoms with E-state index in [1.165, 1.54) is 30.3 Å². The molecule has 2 aromatic rings. The molecule has 6 nitrogen and oxygen atoms in total. The first-order valence-corrected chi connectivity index (χ1v) is 8.96. The molecular weight excluding hydrogens is 304 g/mol. The third-order valence-electron chi connectivity index (χ3n) is 4.89. The lowest BCUT2D eigenvalue weighted by Crippen LogP contribution is -2.38. The van der Waals surface area contributed by atoms with Crippen molar-refractivity contribution in [2.75, 3.05) is 0 Å². The minimum absolute atomic E-state index is 0.0687. The van der Waals surface area contributed by atoms with Gasteiger partial charge < -0.3 is 9.88 Å². The number of fused-ring (bicyclic) bond motifs is 1. The molecule has 1 aliphatic rings. The smallest absolute Gasteiger partial charge is 0.277 e. The Labute approximate surface area is 141 Å². The van der Waals surface area contributed by atoms with Crippen LogP contribution in [0, 0.1) is 6.92 Å². The number of amides is 1. The van der Waals surface area contributed by atoms with Gasteiger partial charge in [-0.15, -0.1) is 0 Å². The van der Waals surface area contributed by atoms with Gasteiger partial charge in [-0.05, 0) is 32.8 Å². The van der Waals surface area contributed by atoms with E-state index in [0.717, 1.165) is 23.9 Å². The third-order valence-corrected chi connectivity index (χ3v) is 4.89. The molecule has 1 N–H and O–H groups in total. The van der Waals surface area contributed by atoms with Gasteiger partial charge in [0.05, 0.1) is 5.69 Å². The molecule has 0 saturated heterocycles. The van der Waals surface area contributed by atoms with Crippen LogP contribution in [-0.4, -0.2) is 26.3 Å². The van der Waals surface area contributed by atoms with Gasteiger partial charge in [0.15, 0.2) is 0 Å². The van der Waals surface area contributed by atoms with Crippen molar-refractivity contribution in [3.63, 3.8) is 0 Å². The molecule has 1 amide bonds. The van der Waals surface area contributed by atoms with Crippen LogP contribution in [-0.2, 0) is 17.9 Å². The summed E-state index contributed by atoms with van der Waals surface area (Å²) in [6, 6.07) is 2.13. The Morgan fingerprint density at radius 2 is 2.00 bits per heavy atom. The van der Waals surface area contributed by atoms with E-state index in [2.05, 4.69) is 10.4 Å². The fourth-order valence-electron chi connectivity index (χ4n) is 3.59. The van der Waals surface area contributed by atoms with E-state index < -0.39 is 0 Å². The van der Waals surface area contributed by atoms with Crippen LogP contribution in [0.3, 0.4) is 0 Å². The van der Waals surface area contributed by atoms with Crippen molar-refractivity contribution in [2.45, 2.75) is 71.5 Å². The number of nitrogens with one attached hydrogen (secondary N) is 1. The first-order chi connectivity index (χ1) is 11.6. The van der Waals surface area contributed by atoms with E-state index in [1.807, 2.05) is 19.9 Å². The fourth-order valence-corrected chi connectivity index (χ4v) is 3.59. The minimum Gasteiger partial charge on any atom is -0.352 e. The molecule has 0 unspecified atom stereocenters. The Balaban J connectivity index is 1.78. The Morgan fingerprint density at radius 3 is 2.67 bits per heavy atom. The maximum atomic E-state index is 12.7. The Hall–Kier alpha value is -2.11. The molecule has 0 bridgehead atoms. The van der Waals surface area contributed by atoms with E-state index in [0.29, 0.717) is 12.1 Å². The van der Waals surface area contributed by atoms with Crippen molar-refractivity contribution in [1.29, 1.82) is 0 Å². The molecule has 0 aromatic carbocycles. The predicted octanol–water partition coefficient (Wildman–Crippen LogP) is 2.37. The number of carbonyl (C=O) groups excluding carboxylic acids is 1. The van der Waals surface area contributed by atoms with E-state index in [4.69, 9.17) is 0 Å². The van der Waals surface area contributed by atoms with Gasteiger partial charge in [-0.1, -0.05) is 25.7 Å². The second kappa shape index (κ2) is 7.20. The summed E-state index contributed by atoms with van der Waals surface area (Å²) >= 11 is 0. The molecule has 0 radical (unpaired) electrons. The Kier molecular flexibility index (Phi) is 5.02. The largest absolute Gasteiger partial charge is 0.352 e. The second-order valence-electron chi connectivity index (χ2n) is 6.67. The first kappa shape index (κ1) is 16.7. The van der Waals surface area contributed by atoms with Crippen molar-refractivity contribution < 1.29 is 4.79 Å². The van der Waals surface area contributed by atoms with Gasteiger partial charge in [-0.2, -0.15) is 5.10 Å². The number of pyridine rings is 1. The summed E-state index contributed by atoms with van der Waals surface area (Å²) in [6.07, 6.45) is 8.64. The number of hydrogen-bond acceptors (Lipinski definition) is 3. The molecule has 1 aliphatic carbocycles. The number of aromatic nitrogens is 3. The molecule has 2 aromatic heterocycles. The van der Waals surface area contributed by atoms with Gasteiger partial charge in [-0.25, -0.2) is 0 Å². The highest BCUT2D eigenvalue weighted by Crippen LogP contribution is 2.17. The van der Waals surface area contributed by atoms with Crippen LogP contribution in [0.4, 0.5) is 0 Å². The fraction of sp³-hybridized carbons (Fsp3) is 0.611. The highest BCUT2D eigenvalue weighted by molar-refractivity contribution is 5.81. The van der Waals surface area contributed by atoms with Gasteiger partial charge in [-0.3, -0.25) is 14.3 Å².